The monoisotopic (exact) mass is 309 g/mol. The molecule has 0 aliphatic carbocycles. The summed E-state index contributed by atoms with van der Waals surface area (Å²) in [5.41, 5.74) is 0. The molecule has 0 fully saturated rings. The second-order valence-electron chi connectivity index (χ2n) is 3.55. The number of aromatic nitrogens is 4. The molecule has 18 heavy (non-hydrogen) atoms. The Bertz CT molecular complexity index is 522. The molecule has 2 heterocycles. The summed E-state index contributed by atoms with van der Waals surface area (Å²) < 4.78 is 5.80. The summed E-state index contributed by atoms with van der Waals surface area (Å²) in [5, 5.41) is 0. The van der Waals surface area contributed by atoms with Gasteiger partial charge < -0.3 is 9.64 Å². The van der Waals surface area contributed by atoms with Gasteiger partial charge in [0.05, 0.1) is 24.3 Å². The predicted octanol–water partition coefficient (Wildman–Crippen LogP) is 1.67. The number of anilines is 1. The molecule has 0 bridgehead atoms. The van der Waals surface area contributed by atoms with E-state index in [1.165, 1.54) is 7.11 Å². The Morgan fingerprint density at radius 2 is 2.00 bits per heavy atom. The van der Waals surface area contributed by atoms with Gasteiger partial charge in [-0.15, -0.1) is 0 Å². The van der Waals surface area contributed by atoms with Gasteiger partial charge in [-0.1, -0.05) is 0 Å². The van der Waals surface area contributed by atoms with Gasteiger partial charge in [-0.3, -0.25) is 0 Å². The van der Waals surface area contributed by atoms with Crippen molar-refractivity contribution in [1.29, 1.82) is 0 Å². The van der Waals surface area contributed by atoms with Crippen molar-refractivity contribution in [2.24, 2.45) is 0 Å². The first-order valence-electron chi connectivity index (χ1n) is 5.24. The van der Waals surface area contributed by atoms with E-state index in [9.17, 15) is 0 Å². The molecule has 6 nitrogen and oxygen atoms in total. The number of nitrogens with zero attached hydrogens (tertiary/aromatic N) is 5. The van der Waals surface area contributed by atoms with Gasteiger partial charge in [0.15, 0.2) is 0 Å². The minimum absolute atomic E-state index is 0.328. The lowest BCUT2D eigenvalue weighted by Gasteiger charge is -2.18. The van der Waals surface area contributed by atoms with Gasteiger partial charge in [-0.05, 0) is 22.0 Å². The highest BCUT2D eigenvalue weighted by molar-refractivity contribution is 9.10. The number of hydrogen-bond acceptors (Lipinski definition) is 6. The van der Waals surface area contributed by atoms with Crippen LogP contribution >= 0.6 is 15.9 Å². The summed E-state index contributed by atoms with van der Waals surface area (Å²) in [4.78, 5) is 18.6. The molecule has 2 rings (SSSR count). The summed E-state index contributed by atoms with van der Waals surface area (Å²) in [6, 6.07) is 2.11. The van der Waals surface area contributed by atoms with Crippen molar-refractivity contribution in [3.8, 4) is 6.01 Å². The Morgan fingerprint density at radius 3 is 2.67 bits per heavy atom. The van der Waals surface area contributed by atoms with Crippen LogP contribution in [0.15, 0.2) is 29.1 Å². The largest absolute Gasteiger partial charge is 0.467 e. The van der Waals surface area contributed by atoms with Crippen molar-refractivity contribution in [3.63, 3.8) is 0 Å². The van der Waals surface area contributed by atoms with Crippen LogP contribution in [0.5, 0.6) is 6.01 Å². The van der Waals surface area contributed by atoms with Crippen LogP contribution in [0.25, 0.3) is 0 Å². The number of rotatable bonds is 4. The van der Waals surface area contributed by atoms with Crippen LogP contribution in [0.2, 0.25) is 0 Å². The molecule has 0 amide bonds. The first-order chi connectivity index (χ1) is 8.70. The van der Waals surface area contributed by atoms with E-state index in [0.29, 0.717) is 12.6 Å². The summed E-state index contributed by atoms with van der Waals surface area (Å²) >= 11 is 3.41. The summed E-state index contributed by atoms with van der Waals surface area (Å²) in [6.45, 7) is 0.555. The molecule has 0 unspecified atom stereocenters. The normalized spacial score (nSPS) is 10.2. The Labute approximate surface area is 113 Å². The average molecular weight is 310 g/mol. The van der Waals surface area contributed by atoms with Gasteiger partial charge in [-0.2, -0.15) is 4.98 Å². The topological polar surface area (TPSA) is 64.0 Å². The third-order valence-electron chi connectivity index (χ3n) is 2.25. The molecule has 0 radical (unpaired) electrons. The maximum Gasteiger partial charge on any atom is 0.318 e. The van der Waals surface area contributed by atoms with Crippen LogP contribution in [0.3, 0.4) is 0 Å². The SMILES string of the molecule is COc1ncc(Br)c(N(C)Cc2ncccn2)n1. The zero-order valence-electron chi connectivity index (χ0n) is 10.0. The average Bonchev–Trinajstić information content (AvgIpc) is 2.40. The van der Waals surface area contributed by atoms with Crippen LogP contribution in [-0.2, 0) is 6.54 Å². The Morgan fingerprint density at radius 1 is 1.28 bits per heavy atom. The van der Waals surface area contributed by atoms with E-state index in [-0.39, 0.29) is 0 Å². The number of hydrogen-bond donors (Lipinski definition) is 0. The lowest BCUT2D eigenvalue weighted by atomic mass is 10.4. The van der Waals surface area contributed by atoms with Crippen LogP contribution in [-0.4, -0.2) is 34.1 Å². The van der Waals surface area contributed by atoms with Crippen molar-refractivity contribution >= 4 is 21.7 Å². The first-order valence-corrected chi connectivity index (χ1v) is 6.03. The summed E-state index contributed by atoms with van der Waals surface area (Å²) in [7, 11) is 3.44. The van der Waals surface area contributed by atoms with Crippen LogP contribution in [0.1, 0.15) is 5.82 Å². The molecule has 0 spiro atoms. The summed E-state index contributed by atoms with van der Waals surface area (Å²) in [5.74, 6) is 1.46. The van der Waals surface area contributed by atoms with Crippen molar-refractivity contribution in [2.45, 2.75) is 6.54 Å². The van der Waals surface area contributed by atoms with Crippen molar-refractivity contribution < 1.29 is 4.74 Å². The quantitative estimate of drug-likeness (QED) is 0.856. The smallest absolute Gasteiger partial charge is 0.318 e. The Kier molecular flexibility index (Phi) is 4.03. The van der Waals surface area contributed by atoms with Crippen molar-refractivity contribution in [2.75, 3.05) is 19.1 Å². The minimum Gasteiger partial charge on any atom is -0.467 e. The molecule has 0 saturated carbocycles. The fourth-order valence-electron chi connectivity index (χ4n) is 1.41. The fourth-order valence-corrected chi connectivity index (χ4v) is 1.90. The minimum atomic E-state index is 0.328. The first kappa shape index (κ1) is 12.7. The van der Waals surface area contributed by atoms with E-state index >= 15 is 0 Å². The predicted molar refractivity (Wildman–Crippen MR) is 70.4 cm³/mol. The van der Waals surface area contributed by atoms with Gasteiger partial charge in [0.2, 0.25) is 0 Å². The number of halogens is 1. The zero-order valence-corrected chi connectivity index (χ0v) is 11.6. The van der Waals surface area contributed by atoms with Crippen LogP contribution in [0, 0.1) is 0 Å². The number of ether oxygens (including phenoxy) is 1. The molecule has 0 atom stereocenters. The maximum atomic E-state index is 5.01. The lowest BCUT2D eigenvalue weighted by molar-refractivity contribution is 0.379. The molecule has 94 valence electrons. The van der Waals surface area contributed by atoms with Crippen molar-refractivity contribution in [3.05, 3.63) is 35.0 Å². The second kappa shape index (κ2) is 5.72. The van der Waals surface area contributed by atoms with E-state index in [1.807, 2.05) is 11.9 Å². The van der Waals surface area contributed by atoms with Crippen molar-refractivity contribution in [1.82, 2.24) is 19.9 Å². The molecule has 0 aliphatic rings. The van der Waals surface area contributed by atoms with Gasteiger partial charge in [0.25, 0.3) is 0 Å². The molecular weight excluding hydrogens is 298 g/mol. The van der Waals surface area contributed by atoms with E-state index in [2.05, 4.69) is 35.9 Å². The van der Waals surface area contributed by atoms with Gasteiger partial charge in [0, 0.05) is 19.4 Å². The Hall–Kier alpha value is -1.76. The molecule has 0 N–H and O–H groups in total. The standard InChI is InChI=1S/C11H12BrN5O/c1-17(7-9-13-4-3-5-14-9)10-8(12)6-15-11(16-10)18-2/h3-6H,7H2,1-2H3. The molecule has 2 aromatic rings. The van der Waals surface area contributed by atoms with E-state index < -0.39 is 0 Å². The summed E-state index contributed by atoms with van der Waals surface area (Å²) in [6.07, 6.45) is 5.08. The fraction of sp³-hybridized carbons (Fsp3) is 0.273. The zero-order chi connectivity index (χ0) is 13.0. The maximum absolute atomic E-state index is 5.01. The van der Waals surface area contributed by atoms with Gasteiger partial charge >= 0.3 is 6.01 Å². The molecule has 7 heteroatoms. The van der Waals surface area contributed by atoms with E-state index in [1.54, 1.807) is 24.7 Å². The highest BCUT2D eigenvalue weighted by atomic mass is 79.9. The Balaban J connectivity index is 2.20. The third kappa shape index (κ3) is 2.92. The molecule has 0 saturated heterocycles. The van der Waals surface area contributed by atoms with Gasteiger partial charge in [-0.25, -0.2) is 15.0 Å². The second-order valence-corrected chi connectivity index (χ2v) is 4.40. The molecular formula is C11H12BrN5O. The van der Waals surface area contributed by atoms with E-state index in [4.69, 9.17) is 4.74 Å². The van der Waals surface area contributed by atoms with Gasteiger partial charge in [0.1, 0.15) is 11.6 Å². The highest BCUT2D eigenvalue weighted by Gasteiger charge is 2.11. The molecule has 2 aromatic heterocycles. The third-order valence-corrected chi connectivity index (χ3v) is 2.80. The molecule has 0 aromatic carbocycles. The molecule has 0 aliphatic heterocycles. The lowest BCUT2D eigenvalue weighted by Crippen LogP contribution is -2.20. The number of methoxy groups -OCH3 is 1. The van der Waals surface area contributed by atoms with Crippen LogP contribution in [0.4, 0.5) is 5.82 Å². The highest BCUT2D eigenvalue weighted by Crippen LogP contribution is 2.24. The van der Waals surface area contributed by atoms with E-state index in [0.717, 1.165) is 16.1 Å². The van der Waals surface area contributed by atoms with Crippen LogP contribution < -0.4 is 9.64 Å².